The molecule has 20 heavy (non-hydrogen) atoms. The summed E-state index contributed by atoms with van der Waals surface area (Å²) >= 11 is 0. The van der Waals surface area contributed by atoms with Gasteiger partial charge in [0.25, 0.3) is 5.91 Å². The maximum Gasteiger partial charge on any atom is 0.337 e. The molecule has 0 spiro atoms. The summed E-state index contributed by atoms with van der Waals surface area (Å²) < 4.78 is 0. The maximum atomic E-state index is 12.0. The van der Waals surface area contributed by atoms with Crippen molar-refractivity contribution in [3.05, 3.63) is 29.1 Å². The zero-order chi connectivity index (χ0) is 14.7. The first-order valence-electron chi connectivity index (χ1n) is 6.26. The van der Waals surface area contributed by atoms with Gasteiger partial charge in [0.15, 0.2) is 0 Å². The van der Waals surface area contributed by atoms with Crippen molar-refractivity contribution < 1.29 is 19.5 Å². The number of hydrogen-bond donors (Lipinski definition) is 3. The predicted octanol–water partition coefficient (Wildman–Crippen LogP) is 0.0966. The van der Waals surface area contributed by atoms with E-state index < -0.39 is 5.97 Å². The molecule has 0 aromatic carbocycles. The first-order valence-corrected chi connectivity index (χ1v) is 6.26. The number of aromatic carboxylic acids is 1. The van der Waals surface area contributed by atoms with Crippen molar-refractivity contribution in [2.75, 3.05) is 6.54 Å². The number of nitrogens with one attached hydrogen (secondary N) is 2. The van der Waals surface area contributed by atoms with Crippen LogP contribution in [0.15, 0.2) is 12.1 Å². The molecule has 1 saturated heterocycles. The molecule has 1 aliphatic heterocycles. The maximum absolute atomic E-state index is 12.0. The van der Waals surface area contributed by atoms with E-state index in [0.717, 1.165) is 0 Å². The number of carboxylic acid groups (broad SMARTS) is 1. The first kappa shape index (κ1) is 14.0. The van der Waals surface area contributed by atoms with E-state index in [9.17, 15) is 14.4 Å². The first-order chi connectivity index (χ1) is 9.47. The fourth-order valence-corrected chi connectivity index (χ4v) is 2.03. The second kappa shape index (κ2) is 5.68. The zero-order valence-corrected chi connectivity index (χ0v) is 11.0. The van der Waals surface area contributed by atoms with Gasteiger partial charge in [-0.3, -0.25) is 9.59 Å². The highest BCUT2D eigenvalue weighted by Crippen LogP contribution is 2.08. The molecule has 0 radical (unpaired) electrons. The van der Waals surface area contributed by atoms with Crippen LogP contribution in [0.1, 0.15) is 39.4 Å². The normalized spacial score (nSPS) is 18.2. The summed E-state index contributed by atoms with van der Waals surface area (Å²) in [5, 5.41) is 14.3. The number of carbonyl (C=O) groups is 3. The number of aromatic nitrogens is 1. The largest absolute Gasteiger partial charge is 0.478 e. The minimum absolute atomic E-state index is 0.0183. The van der Waals surface area contributed by atoms with Gasteiger partial charge in [0.05, 0.1) is 11.3 Å². The number of pyridine rings is 1. The predicted molar refractivity (Wildman–Crippen MR) is 69.4 cm³/mol. The smallest absolute Gasteiger partial charge is 0.337 e. The molecule has 1 fully saturated rings. The van der Waals surface area contributed by atoms with Crippen LogP contribution < -0.4 is 10.6 Å². The summed E-state index contributed by atoms with van der Waals surface area (Å²) in [5.41, 5.74) is 0.540. The van der Waals surface area contributed by atoms with E-state index in [1.807, 2.05) is 0 Å². The Bertz CT molecular complexity index is 561. The molecule has 0 bridgehead atoms. The van der Waals surface area contributed by atoms with Crippen LogP contribution in [-0.4, -0.2) is 40.5 Å². The SMILES string of the molecule is Cc1nc(C(=O)NC2CCC(=O)NC2)ccc1C(=O)O. The highest BCUT2D eigenvalue weighted by molar-refractivity contribution is 5.94. The quantitative estimate of drug-likeness (QED) is 0.726. The summed E-state index contributed by atoms with van der Waals surface area (Å²) in [6.45, 7) is 1.94. The Balaban J connectivity index is 2.04. The summed E-state index contributed by atoms with van der Waals surface area (Å²) in [6, 6.07) is 2.62. The molecule has 1 unspecified atom stereocenters. The molecule has 1 aromatic heterocycles. The number of carbonyl (C=O) groups excluding carboxylic acids is 2. The minimum Gasteiger partial charge on any atom is -0.478 e. The molecule has 0 aliphatic carbocycles. The molecule has 1 aromatic rings. The third kappa shape index (κ3) is 3.11. The average Bonchev–Trinajstić information content (AvgIpc) is 2.40. The van der Waals surface area contributed by atoms with E-state index >= 15 is 0 Å². The number of amides is 2. The molecule has 7 heteroatoms. The van der Waals surface area contributed by atoms with Crippen LogP contribution >= 0.6 is 0 Å². The van der Waals surface area contributed by atoms with Crippen molar-refractivity contribution in [3.8, 4) is 0 Å². The Morgan fingerprint density at radius 2 is 2.20 bits per heavy atom. The topological polar surface area (TPSA) is 108 Å². The Kier molecular flexibility index (Phi) is 3.97. The average molecular weight is 277 g/mol. The monoisotopic (exact) mass is 277 g/mol. The lowest BCUT2D eigenvalue weighted by atomic mass is 10.1. The Morgan fingerprint density at radius 3 is 2.75 bits per heavy atom. The molecule has 2 amide bonds. The fourth-order valence-electron chi connectivity index (χ4n) is 2.03. The Morgan fingerprint density at radius 1 is 1.45 bits per heavy atom. The minimum atomic E-state index is -1.07. The summed E-state index contributed by atoms with van der Waals surface area (Å²) in [7, 11) is 0. The lowest BCUT2D eigenvalue weighted by Crippen LogP contribution is -2.47. The van der Waals surface area contributed by atoms with Crippen LogP contribution in [0.5, 0.6) is 0 Å². The van der Waals surface area contributed by atoms with Crippen LogP contribution in [0.2, 0.25) is 0 Å². The van der Waals surface area contributed by atoms with Gasteiger partial charge in [-0.25, -0.2) is 9.78 Å². The Hall–Kier alpha value is -2.44. The zero-order valence-electron chi connectivity index (χ0n) is 11.0. The van der Waals surface area contributed by atoms with E-state index in [1.54, 1.807) is 6.92 Å². The molecular weight excluding hydrogens is 262 g/mol. The highest BCUT2D eigenvalue weighted by Gasteiger charge is 2.21. The molecule has 1 atom stereocenters. The van der Waals surface area contributed by atoms with Crippen molar-refractivity contribution >= 4 is 17.8 Å². The summed E-state index contributed by atoms with van der Waals surface area (Å²) in [5.74, 6) is -1.46. The third-order valence-corrected chi connectivity index (χ3v) is 3.15. The highest BCUT2D eigenvalue weighted by atomic mass is 16.4. The molecule has 2 rings (SSSR count). The van der Waals surface area contributed by atoms with E-state index in [2.05, 4.69) is 15.6 Å². The molecule has 0 saturated carbocycles. The summed E-state index contributed by atoms with van der Waals surface area (Å²) in [6.07, 6.45) is 0.971. The van der Waals surface area contributed by atoms with Gasteiger partial charge in [-0.1, -0.05) is 0 Å². The van der Waals surface area contributed by atoms with Crippen molar-refractivity contribution in [1.29, 1.82) is 0 Å². The molecule has 106 valence electrons. The van der Waals surface area contributed by atoms with Gasteiger partial charge in [-0.2, -0.15) is 0 Å². The second-order valence-corrected chi connectivity index (χ2v) is 4.65. The Labute approximate surface area is 115 Å². The lowest BCUT2D eigenvalue weighted by Gasteiger charge is -2.23. The van der Waals surface area contributed by atoms with E-state index in [1.165, 1.54) is 12.1 Å². The number of aryl methyl sites for hydroxylation is 1. The second-order valence-electron chi connectivity index (χ2n) is 4.65. The van der Waals surface area contributed by atoms with Gasteiger partial charge >= 0.3 is 5.97 Å². The standard InChI is InChI=1S/C13H15N3O4/c1-7-9(13(19)20)3-4-10(15-7)12(18)16-8-2-5-11(17)14-6-8/h3-4,8H,2,5-6H2,1H3,(H,14,17)(H,16,18)(H,19,20). The van der Waals surface area contributed by atoms with Crippen molar-refractivity contribution in [1.82, 2.24) is 15.6 Å². The third-order valence-electron chi connectivity index (χ3n) is 3.15. The van der Waals surface area contributed by atoms with Crippen LogP contribution in [0.4, 0.5) is 0 Å². The molecule has 7 nitrogen and oxygen atoms in total. The van der Waals surface area contributed by atoms with E-state index in [0.29, 0.717) is 25.1 Å². The van der Waals surface area contributed by atoms with Gasteiger partial charge in [0, 0.05) is 19.0 Å². The van der Waals surface area contributed by atoms with Gasteiger partial charge in [-0.15, -0.1) is 0 Å². The summed E-state index contributed by atoms with van der Waals surface area (Å²) in [4.78, 5) is 37.9. The number of nitrogens with zero attached hydrogens (tertiary/aromatic N) is 1. The van der Waals surface area contributed by atoms with E-state index in [-0.39, 0.29) is 29.1 Å². The molecule has 2 heterocycles. The number of piperidine rings is 1. The number of hydrogen-bond acceptors (Lipinski definition) is 4. The molecular formula is C13H15N3O4. The van der Waals surface area contributed by atoms with Crippen LogP contribution in [0.25, 0.3) is 0 Å². The van der Waals surface area contributed by atoms with Crippen LogP contribution in [0.3, 0.4) is 0 Å². The van der Waals surface area contributed by atoms with Crippen molar-refractivity contribution in [2.24, 2.45) is 0 Å². The lowest BCUT2D eigenvalue weighted by molar-refractivity contribution is -0.122. The van der Waals surface area contributed by atoms with Gasteiger partial charge in [0.2, 0.25) is 5.91 Å². The van der Waals surface area contributed by atoms with Gasteiger partial charge in [0.1, 0.15) is 5.69 Å². The van der Waals surface area contributed by atoms with E-state index in [4.69, 9.17) is 5.11 Å². The number of carboxylic acids is 1. The van der Waals surface area contributed by atoms with Gasteiger partial charge in [-0.05, 0) is 25.5 Å². The fraction of sp³-hybridized carbons (Fsp3) is 0.385. The van der Waals surface area contributed by atoms with Crippen LogP contribution in [-0.2, 0) is 4.79 Å². The van der Waals surface area contributed by atoms with Crippen molar-refractivity contribution in [3.63, 3.8) is 0 Å². The molecule has 3 N–H and O–H groups in total. The number of rotatable bonds is 3. The van der Waals surface area contributed by atoms with Crippen LogP contribution in [0, 0.1) is 6.92 Å². The van der Waals surface area contributed by atoms with Gasteiger partial charge < -0.3 is 15.7 Å². The van der Waals surface area contributed by atoms with Crippen molar-refractivity contribution in [2.45, 2.75) is 25.8 Å². The molecule has 1 aliphatic rings.